The monoisotopic (exact) mass is 297 g/mol. The van der Waals surface area contributed by atoms with Crippen LogP contribution in [0, 0.1) is 5.41 Å². The Labute approximate surface area is 120 Å². The van der Waals surface area contributed by atoms with E-state index in [1.165, 1.54) is 18.2 Å². The van der Waals surface area contributed by atoms with Gasteiger partial charge in [0.15, 0.2) is 6.04 Å². The van der Waals surface area contributed by atoms with Crippen molar-refractivity contribution in [3.8, 4) is 0 Å². The SMILES string of the molecule is CC(=O)OCC(CO)OCN1C=NC2C(=O)NC(=N)N=C21. The maximum Gasteiger partial charge on any atom is 0.302 e. The van der Waals surface area contributed by atoms with Crippen molar-refractivity contribution >= 4 is 30.0 Å². The van der Waals surface area contributed by atoms with Gasteiger partial charge in [0.1, 0.15) is 25.3 Å². The van der Waals surface area contributed by atoms with Gasteiger partial charge < -0.3 is 14.6 Å². The van der Waals surface area contributed by atoms with E-state index in [1.807, 2.05) is 0 Å². The molecule has 0 aromatic rings. The zero-order chi connectivity index (χ0) is 15.4. The van der Waals surface area contributed by atoms with Crippen molar-refractivity contribution in [1.82, 2.24) is 10.2 Å². The average Bonchev–Trinajstić information content (AvgIpc) is 2.82. The number of aliphatic imine (C=N–C) groups is 2. The summed E-state index contributed by atoms with van der Waals surface area (Å²) in [6.45, 7) is 0.812. The van der Waals surface area contributed by atoms with E-state index in [0.717, 1.165) is 0 Å². The van der Waals surface area contributed by atoms with Crippen molar-refractivity contribution < 1.29 is 24.2 Å². The summed E-state index contributed by atoms with van der Waals surface area (Å²) in [5.41, 5.74) is 0. The van der Waals surface area contributed by atoms with Crippen LogP contribution < -0.4 is 5.32 Å². The molecule has 21 heavy (non-hydrogen) atoms. The lowest BCUT2D eigenvalue weighted by Gasteiger charge is -2.23. The predicted octanol–water partition coefficient (Wildman–Crippen LogP) is -1.94. The molecule has 0 aromatic carbocycles. The van der Waals surface area contributed by atoms with E-state index >= 15 is 0 Å². The van der Waals surface area contributed by atoms with Crippen LogP contribution in [0.1, 0.15) is 6.92 Å². The van der Waals surface area contributed by atoms with Crippen LogP contribution in [0.2, 0.25) is 0 Å². The molecule has 0 bridgehead atoms. The fourth-order valence-electron chi connectivity index (χ4n) is 1.72. The Hall–Kier alpha value is -2.33. The largest absolute Gasteiger partial charge is 0.463 e. The topological polar surface area (TPSA) is 137 Å². The molecule has 2 aliphatic rings. The predicted molar refractivity (Wildman–Crippen MR) is 70.9 cm³/mol. The summed E-state index contributed by atoms with van der Waals surface area (Å²) >= 11 is 0. The van der Waals surface area contributed by atoms with Crippen molar-refractivity contribution in [1.29, 1.82) is 5.41 Å². The molecular weight excluding hydrogens is 282 g/mol. The Morgan fingerprint density at radius 3 is 3.10 bits per heavy atom. The number of amides is 1. The zero-order valence-electron chi connectivity index (χ0n) is 11.3. The first-order chi connectivity index (χ1) is 10.0. The van der Waals surface area contributed by atoms with Gasteiger partial charge in [-0.05, 0) is 0 Å². The minimum atomic E-state index is -0.788. The molecule has 1 amide bonds. The van der Waals surface area contributed by atoms with Crippen LogP contribution in [-0.4, -0.2) is 72.1 Å². The van der Waals surface area contributed by atoms with Crippen LogP contribution in [0.5, 0.6) is 0 Å². The van der Waals surface area contributed by atoms with Gasteiger partial charge >= 0.3 is 5.97 Å². The minimum absolute atomic E-state index is 0.0358. The van der Waals surface area contributed by atoms with E-state index < -0.39 is 24.0 Å². The summed E-state index contributed by atoms with van der Waals surface area (Å²) < 4.78 is 10.1. The van der Waals surface area contributed by atoms with Crippen molar-refractivity contribution in [2.24, 2.45) is 9.98 Å². The molecule has 2 heterocycles. The van der Waals surface area contributed by atoms with Gasteiger partial charge in [0.2, 0.25) is 5.96 Å². The van der Waals surface area contributed by atoms with Crippen molar-refractivity contribution in [3.05, 3.63) is 0 Å². The number of carbonyl (C=O) groups is 2. The molecule has 10 nitrogen and oxygen atoms in total. The molecule has 0 saturated heterocycles. The van der Waals surface area contributed by atoms with Crippen LogP contribution in [0.25, 0.3) is 0 Å². The molecular formula is C11H15N5O5. The number of carbonyl (C=O) groups excluding carboxylic acids is 2. The number of amidine groups is 1. The molecule has 0 spiro atoms. The lowest BCUT2D eigenvalue weighted by atomic mass is 10.2. The molecule has 0 aliphatic carbocycles. The third-order valence-corrected chi connectivity index (χ3v) is 2.74. The molecule has 3 N–H and O–H groups in total. The number of esters is 1. The maximum absolute atomic E-state index is 11.6. The Kier molecular flexibility index (Phi) is 4.60. The van der Waals surface area contributed by atoms with Gasteiger partial charge in [-0.3, -0.25) is 30.2 Å². The number of ether oxygens (including phenoxy) is 2. The first-order valence-electron chi connectivity index (χ1n) is 6.15. The highest BCUT2D eigenvalue weighted by atomic mass is 16.6. The summed E-state index contributed by atoms with van der Waals surface area (Å²) in [5, 5.41) is 18.8. The summed E-state index contributed by atoms with van der Waals surface area (Å²) in [4.78, 5) is 31.6. The van der Waals surface area contributed by atoms with E-state index in [-0.39, 0.29) is 31.7 Å². The van der Waals surface area contributed by atoms with Crippen LogP contribution in [0.4, 0.5) is 0 Å². The average molecular weight is 297 g/mol. The van der Waals surface area contributed by atoms with Crippen LogP contribution in [0.15, 0.2) is 9.98 Å². The summed E-state index contributed by atoms with van der Waals surface area (Å²) in [6.07, 6.45) is 0.681. The second kappa shape index (κ2) is 6.41. The zero-order valence-corrected chi connectivity index (χ0v) is 11.3. The first-order valence-corrected chi connectivity index (χ1v) is 6.15. The summed E-state index contributed by atoms with van der Waals surface area (Å²) in [5.74, 6) is -0.878. The van der Waals surface area contributed by atoms with Crippen LogP contribution >= 0.6 is 0 Å². The Balaban J connectivity index is 1.91. The number of aliphatic hydroxyl groups is 1. The highest BCUT2D eigenvalue weighted by molar-refractivity contribution is 6.23. The summed E-state index contributed by atoms with van der Waals surface area (Å²) in [7, 11) is 0. The van der Waals surface area contributed by atoms with Crippen molar-refractivity contribution in [2.75, 3.05) is 19.9 Å². The Morgan fingerprint density at radius 1 is 1.67 bits per heavy atom. The lowest BCUT2D eigenvalue weighted by molar-refractivity contribution is -0.147. The molecule has 2 atom stereocenters. The fourth-order valence-corrected chi connectivity index (χ4v) is 1.72. The van der Waals surface area contributed by atoms with E-state index in [2.05, 4.69) is 15.3 Å². The van der Waals surface area contributed by atoms with Crippen molar-refractivity contribution in [2.45, 2.75) is 19.1 Å². The molecule has 114 valence electrons. The minimum Gasteiger partial charge on any atom is -0.463 e. The molecule has 2 rings (SSSR count). The molecule has 0 aromatic heterocycles. The Bertz CT molecular complexity index is 517. The summed E-state index contributed by atoms with van der Waals surface area (Å²) in [6, 6.07) is -0.788. The van der Waals surface area contributed by atoms with Gasteiger partial charge in [0.05, 0.1) is 12.9 Å². The quantitative estimate of drug-likeness (QED) is 0.488. The third-order valence-electron chi connectivity index (χ3n) is 2.74. The molecule has 2 unspecified atom stereocenters. The lowest BCUT2D eigenvalue weighted by Crippen LogP contribution is -2.49. The van der Waals surface area contributed by atoms with E-state index in [1.54, 1.807) is 0 Å². The molecule has 0 fully saturated rings. The van der Waals surface area contributed by atoms with Crippen LogP contribution in [0.3, 0.4) is 0 Å². The number of aliphatic hydroxyl groups excluding tert-OH is 1. The number of nitrogens with one attached hydrogen (secondary N) is 2. The van der Waals surface area contributed by atoms with E-state index in [9.17, 15) is 9.59 Å². The molecule has 2 aliphatic heterocycles. The molecule has 0 radical (unpaired) electrons. The molecule has 0 saturated carbocycles. The second-order valence-electron chi connectivity index (χ2n) is 4.35. The highest BCUT2D eigenvalue weighted by Gasteiger charge is 2.36. The number of guanidine groups is 1. The number of nitrogens with zero attached hydrogens (tertiary/aromatic N) is 3. The first kappa shape index (κ1) is 15.1. The van der Waals surface area contributed by atoms with Crippen molar-refractivity contribution in [3.63, 3.8) is 0 Å². The fraction of sp³-hybridized carbons (Fsp3) is 0.545. The third kappa shape index (κ3) is 3.61. The van der Waals surface area contributed by atoms with Gasteiger partial charge in [0.25, 0.3) is 5.91 Å². The number of rotatable bonds is 6. The highest BCUT2D eigenvalue weighted by Crippen LogP contribution is 2.12. The van der Waals surface area contributed by atoms with Gasteiger partial charge in [-0.25, -0.2) is 0 Å². The van der Waals surface area contributed by atoms with Gasteiger partial charge in [0, 0.05) is 6.92 Å². The van der Waals surface area contributed by atoms with E-state index in [0.29, 0.717) is 0 Å². The van der Waals surface area contributed by atoms with Gasteiger partial charge in [-0.15, -0.1) is 0 Å². The number of hydrogen-bond acceptors (Lipinski definition) is 8. The van der Waals surface area contributed by atoms with Gasteiger partial charge in [-0.2, -0.15) is 4.99 Å². The normalized spacial score (nSPS) is 21.7. The number of fused-ring (bicyclic) bond motifs is 1. The van der Waals surface area contributed by atoms with Gasteiger partial charge in [-0.1, -0.05) is 0 Å². The Morgan fingerprint density at radius 2 is 2.43 bits per heavy atom. The second-order valence-corrected chi connectivity index (χ2v) is 4.35. The number of hydrogen-bond donors (Lipinski definition) is 3. The van der Waals surface area contributed by atoms with Crippen LogP contribution in [-0.2, 0) is 19.1 Å². The maximum atomic E-state index is 11.6. The molecule has 10 heteroatoms. The van der Waals surface area contributed by atoms with E-state index in [4.69, 9.17) is 20.0 Å². The smallest absolute Gasteiger partial charge is 0.302 e. The standard InChI is InChI=1S/C11H15N5O5/c1-6(18)20-3-7(2-17)21-5-16-4-13-8-9(16)14-11(12)15-10(8)19/h4,7-8,17H,2-3,5H2,1H3,(H2,12,15,19).